The molecular weight excluding hydrogens is 452 g/mol. The minimum atomic E-state index is -0.282. The van der Waals surface area contributed by atoms with E-state index in [0.717, 1.165) is 40.7 Å². The Kier molecular flexibility index (Phi) is 6.29. The van der Waals surface area contributed by atoms with Crippen LogP contribution < -0.4 is 20.5 Å². The summed E-state index contributed by atoms with van der Waals surface area (Å²) in [7, 11) is 1.62. The lowest BCUT2D eigenvalue weighted by atomic mass is 10.2. The summed E-state index contributed by atoms with van der Waals surface area (Å²) < 4.78 is 12.5. The molecule has 1 saturated heterocycles. The van der Waals surface area contributed by atoms with Gasteiger partial charge in [-0.1, -0.05) is 12.1 Å². The number of morpholine rings is 1. The van der Waals surface area contributed by atoms with Crippen LogP contribution in [0.5, 0.6) is 5.75 Å². The van der Waals surface area contributed by atoms with E-state index in [9.17, 15) is 9.59 Å². The molecular formula is C25H24N4O4S. The first-order valence-electron chi connectivity index (χ1n) is 11.0. The van der Waals surface area contributed by atoms with E-state index >= 15 is 0 Å². The lowest BCUT2D eigenvalue weighted by molar-refractivity contribution is -0.116. The Morgan fingerprint density at radius 1 is 1.15 bits per heavy atom. The fourth-order valence-electron chi connectivity index (χ4n) is 3.96. The number of nitrogens with one attached hydrogen (secondary N) is 1. The molecule has 1 amide bonds. The van der Waals surface area contributed by atoms with Crippen molar-refractivity contribution in [3.63, 3.8) is 0 Å². The second-order valence-corrected chi connectivity index (χ2v) is 8.95. The predicted molar refractivity (Wildman–Crippen MR) is 134 cm³/mol. The summed E-state index contributed by atoms with van der Waals surface area (Å²) in [4.78, 5) is 33.5. The fourth-order valence-corrected chi connectivity index (χ4v) is 5.02. The maximum atomic E-state index is 13.1. The highest BCUT2D eigenvalue weighted by Gasteiger charge is 2.17. The molecule has 0 unspecified atom stereocenters. The molecule has 1 fully saturated rings. The molecule has 8 nitrogen and oxygen atoms in total. The van der Waals surface area contributed by atoms with Crippen LogP contribution in [0, 0.1) is 0 Å². The molecule has 1 N–H and O–H groups in total. The molecule has 1 aliphatic heterocycles. The molecule has 5 rings (SSSR count). The second kappa shape index (κ2) is 9.66. The molecule has 9 heteroatoms. The number of amides is 1. The van der Waals surface area contributed by atoms with Gasteiger partial charge >= 0.3 is 0 Å². The van der Waals surface area contributed by atoms with Gasteiger partial charge in [-0.3, -0.25) is 14.2 Å². The number of thiophene rings is 1. The van der Waals surface area contributed by atoms with Crippen LogP contribution in [-0.4, -0.2) is 48.9 Å². The summed E-state index contributed by atoms with van der Waals surface area (Å²) in [5, 5.41) is 2.96. The Hall–Kier alpha value is -3.69. The standard InChI is InChI=1S/C25H24N4O4S/c1-32-18-8-6-17(7-9-18)22-14-20-24(34-22)25(31)29(16-26-20)15-23(30)27-19-4-2-3-5-21(19)28-10-12-33-13-11-28/h2-9,14,16H,10-13,15H2,1H3,(H,27,30). The van der Waals surface area contributed by atoms with Gasteiger partial charge in [0, 0.05) is 18.0 Å². The monoisotopic (exact) mass is 476 g/mol. The van der Waals surface area contributed by atoms with Crippen LogP contribution in [-0.2, 0) is 16.1 Å². The van der Waals surface area contributed by atoms with Crippen molar-refractivity contribution >= 4 is 38.8 Å². The van der Waals surface area contributed by atoms with Gasteiger partial charge in [0.1, 0.15) is 17.0 Å². The van der Waals surface area contributed by atoms with Gasteiger partial charge in [0.15, 0.2) is 0 Å². The summed E-state index contributed by atoms with van der Waals surface area (Å²) in [5.74, 6) is 0.488. The Balaban J connectivity index is 1.35. The zero-order chi connectivity index (χ0) is 23.5. The van der Waals surface area contributed by atoms with Crippen LogP contribution in [0.1, 0.15) is 0 Å². The molecule has 0 spiro atoms. The van der Waals surface area contributed by atoms with Gasteiger partial charge in [-0.15, -0.1) is 11.3 Å². The van der Waals surface area contributed by atoms with E-state index in [1.807, 2.05) is 54.6 Å². The zero-order valence-electron chi connectivity index (χ0n) is 18.7. The first-order chi connectivity index (χ1) is 16.6. The van der Waals surface area contributed by atoms with Crippen molar-refractivity contribution in [1.82, 2.24) is 9.55 Å². The van der Waals surface area contributed by atoms with Crippen LogP contribution in [0.25, 0.3) is 20.7 Å². The average molecular weight is 477 g/mol. The zero-order valence-corrected chi connectivity index (χ0v) is 19.5. The number of methoxy groups -OCH3 is 1. The smallest absolute Gasteiger partial charge is 0.271 e. The highest BCUT2D eigenvalue weighted by molar-refractivity contribution is 7.22. The largest absolute Gasteiger partial charge is 0.497 e. The molecule has 0 saturated carbocycles. The van der Waals surface area contributed by atoms with Crippen molar-refractivity contribution in [1.29, 1.82) is 0 Å². The van der Waals surface area contributed by atoms with E-state index in [-0.39, 0.29) is 18.0 Å². The van der Waals surface area contributed by atoms with Gasteiger partial charge in [0.05, 0.1) is 43.5 Å². The summed E-state index contributed by atoms with van der Waals surface area (Å²) in [6, 6.07) is 17.2. The Morgan fingerprint density at radius 3 is 2.68 bits per heavy atom. The van der Waals surface area contributed by atoms with E-state index < -0.39 is 0 Å². The minimum absolute atomic E-state index is 0.116. The predicted octanol–water partition coefficient (Wildman–Crippen LogP) is 3.61. The number of para-hydroxylation sites is 2. The van der Waals surface area contributed by atoms with E-state index in [0.29, 0.717) is 23.4 Å². The number of ether oxygens (including phenoxy) is 2. The molecule has 174 valence electrons. The maximum absolute atomic E-state index is 13.1. The quantitative estimate of drug-likeness (QED) is 0.458. The number of carbonyl (C=O) groups excluding carboxylic acids is 1. The Labute approximate surface area is 200 Å². The van der Waals surface area contributed by atoms with E-state index in [1.54, 1.807) is 7.11 Å². The van der Waals surface area contributed by atoms with Crippen molar-refractivity contribution < 1.29 is 14.3 Å². The van der Waals surface area contributed by atoms with Crippen LogP contribution in [0.3, 0.4) is 0 Å². The number of nitrogens with zero attached hydrogens (tertiary/aromatic N) is 3. The van der Waals surface area contributed by atoms with E-state index in [2.05, 4.69) is 15.2 Å². The van der Waals surface area contributed by atoms with Crippen molar-refractivity contribution in [3.05, 3.63) is 71.3 Å². The molecule has 2 aromatic carbocycles. The number of carbonyl (C=O) groups is 1. The summed E-state index contributed by atoms with van der Waals surface area (Å²) >= 11 is 1.37. The molecule has 3 heterocycles. The number of benzene rings is 2. The second-order valence-electron chi connectivity index (χ2n) is 7.90. The van der Waals surface area contributed by atoms with E-state index in [1.165, 1.54) is 22.2 Å². The number of aromatic nitrogens is 2. The van der Waals surface area contributed by atoms with Crippen LogP contribution in [0.4, 0.5) is 11.4 Å². The lowest BCUT2D eigenvalue weighted by Gasteiger charge is -2.30. The Morgan fingerprint density at radius 2 is 1.91 bits per heavy atom. The number of hydrogen-bond donors (Lipinski definition) is 1. The highest BCUT2D eigenvalue weighted by atomic mass is 32.1. The number of rotatable bonds is 6. The fraction of sp³-hybridized carbons (Fsp3) is 0.240. The molecule has 34 heavy (non-hydrogen) atoms. The number of fused-ring (bicyclic) bond motifs is 1. The lowest BCUT2D eigenvalue weighted by Crippen LogP contribution is -2.37. The Bertz CT molecular complexity index is 1370. The van der Waals surface area contributed by atoms with E-state index in [4.69, 9.17) is 9.47 Å². The van der Waals surface area contributed by atoms with Crippen LogP contribution in [0.2, 0.25) is 0 Å². The summed E-state index contributed by atoms with van der Waals surface area (Å²) in [5.41, 5.74) is 3.03. The number of anilines is 2. The molecule has 1 aliphatic rings. The molecule has 0 radical (unpaired) electrons. The van der Waals surface area contributed by atoms with Crippen molar-refractivity contribution in [2.75, 3.05) is 43.6 Å². The maximum Gasteiger partial charge on any atom is 0.271 e. The van der Waals surface area contributed by atoms with Gasteiger partial charge in [-0.05, 0) is 48.0 Å². The summed E-state index contributed by atoms with van der Waals surface area (Å²) in [6.45, 7) is 2.73. The molecule has 2 aromatic heterocycles. The van der Waals surface area contributed by atoms with Crippen molar-refractivity contribution in [3.8, 4) is 16.2 Å². The normalized spacial score (nSPS) is 13.7. The first kappa shape index (κ1) is 22.1. The van der Waals surface area contributed by atoms with Crippen molar-refractivity contribution in [2.24, 2.45) is 0 Å². The topological polar surface area (TPSA) is 85.7 Å². The third-order valence-electron chi connectivity index (χ3n) is 5.72. The van der Waals surface area contributed by atoms with Crippen LogP contribution in [0.15, 0.2) is 65.7 Å². The van der Waals surface area contributed by atoms with Crippen molar-refractivity contribution in [2.45, 2.75) is 6.54 Å². The molecule has 0 bridgehead atoms. The SMILES string of the molecule is COc1ccc(-c2cc3ncn(CC(=O)Nc4ccccc4N4CCOCC4)c(=O)c3s2)cc1. The molecule has 0 atom stereocenters. The number of hydrogen-bond acceptors (Lipinski definition) is 7. The van der Waals surface area contributed by atoms with Gasteiger partial charge < -0.3 is 19.7 Å². The molecule has 0 aliphatic carbocycles. The first-order valence-corrected chi connectivity index (χ1v) is 11.8. The van der Waals surface area contributed by atoms with Gasteiger partial charge in [0.25, 0.3) is 5.56 Å². The third kappa shape index (κ3) is 4.52. The van der Waals surface area contributed by atoms with Gasteiger partial charge in [-0.25, -0.2) is 4.98 Å². The van der Waals surface area contributed by atoms with Gasteiger partial charge in [0.2, 0.25) is 5.91 Å². The average Bonchev–Trinajstić information content (AvgIpc) is 3.32. The minimum Gasteiger partial charge on any atom is -0.497 e. The highest BCUT2D eigenvalue weighted by Crippen LogP contribution is 2.32. The molecule has 4 aromatic rings. The van der Waals surface area contributed by atoms with Gasteiger partial charge in [-0.2, -0.15) is 0 Å². The van der Waals surface area contributed by atoms with Crippen LogP contribution >= 0.6 is 11.3 Å². The summed E-state index contributed by atoms with van der Waals surface area (Å²) in [6.07, 6.45) is 1.43. The third-order valence-corrected chi connectivity index (χ3v) is 6.88.